The minimum absolute atomic E-state index is 0. The first-order valence-corrected chi connectivity index (χ1v) is 9.11. The molecule has 0 radical (unpaired) electrons. The lowest BCUT2D eigenvalue weighted by atomic mass is 10.1. The van der Waals surface area contributed by atoms with E-state index in [-0.39, 0.29) is 30.5 Å². The number of hydrogen-bond acceptors (Lipinski definition) is 5. The van der Waals surface area contributed by atoms with Gasteiger partial charge in [0.1, 0.15) is 6.54 Å². The van der Waals surface area contributed by atoms with E-state index in [1.165, 1.54) is 12.1 Å². The molecule has 1 N–H and O–H groups in total. The molecular formula is C18H24F3IN6O. The zero-order valence-electron chi connectivity index (χ0n) is 16.2. The van der Waals surface area contributed by atoms with Gasteiger partial charge in [0.25, 0.3) is 0 Å². The van der Waals surface area contributed by atoms with Crippen molar-refractivity contribution >= 4 is 35.6 Å². The molecule has 160 valence electrons. The topological polar surface area (TPSA) is 69.8 Å². The van der Waals surface area contributed by atoms with Crippen LogP contribution in [-0.2, 0) is 12.7 Å². The Hall–Kier alpha value is -2.05. The molecule has 2 heterocycles. The van der Waals surface area contributed by atoms with Crippen LogP contribution in [0.4, 0.5) is 18.9 Å². The van der Waals surface area contributed by atoms with Crippen molar-refractivity contribution in [1.29, 1.82) is 0 Å². The Kier molecular flexibility index (Phi) is 8.11. The Bertz CT molecular complexity index is 818. The summed E-state index contributed by atoms with van der Waals surface area (Å²) < 4.78 is 43.9. The van der Waals surface area contributed by atoms with E-state index in [9.17, 15) is 13.2 Å². The summed E-state index contributed by atoms with van der Waals surface area (Å²) in [6.07, 6.45) is -4.34. The highest BCUT2D eigenvalue weighted by molar-refractivity contribution is 14.0. The molecule has 1 aliphatic rings. The molecule has 1 saturated heterocycles. The number of piperazine rings is 1. The number of halogens is 4. The maximum absolute atomic E-state index is 12.9. The number of aliphatic imine (C=N–C) groups is 1. The van der Waals surface area contributed by atoms with Crippen LogP contribution in [0.1, 0.15) is 24.2 Å². The number of nitrogens with zero attached hydrogens (tertiary/aromatic N) is 5. The van der Waals surface area contributed by atoms with Crippen molar-refractivity contribution < 1.29 is 17.7 Å². The van der Waals surface area contributed by atoms with Crippen LogP contribution >= 0.6 is 24.0 Å². The molecule has 0 unspecified atom stereocenters. The normalized spacial score (nSPS) is 15.3. The first-order chi connectivity index (χ1) is 13.4. The van der Waals surface area contributed by atoms with E-state index >= 15 is 0 Å². The molecule has 1 fully saturated rings. The summed E-state index contributed by atoms with van der Waals surface area (Å²) in [5.41, 5.74) is -0.0464. The molecular weight excluding hydrogens is 500 g/mol. The molecule has 29 heavy (non-hydrogen) atoms. The van der Waals surface area contributed by atoms with Gasteiger partial charge in [-0.1, -0.05) is 11.2 Å². The molecule has 0 bridgehead atoms. The second kappa shape index (κ2) is 10.1. The molecule has 0 aliphatic carbocycles. The van der Waals surface area contributed by atoms with Crippen LogP contribution in [0, 0.1) is 6.92 Å². The van der Waals surface area contributed by atoms with E-state index in [1.54, 1.807) is 13.0 Å². The zero-order valence-corrected chi connectivity index (χ0v) is 18.6. The number of anilines is 1. The first kappa shape index (κ1) is 23.2. The Morgan fingerprint density at radius 1 is 1.24 bits per heavy atom. The molecule has 1 aliphatic heterocycles. The first-order valence-electron chi connectivity index (χ1n) is 9.11. The average molecular weight is 524 g/mol. The number of alkyl halides is 3. The summed E-state index contributed by atoms with van der Waals surface area (Å²) in [4.78, 5) is 12.7. The Morgan fingerprint density at radius 2 is 1.97 bits per heavy atom. The molecule has 11 heteroatoms. The fraction of sp³-hybridized carbons (Fsp3) is 0.500. The molecule has 7 nitrogen and oxygen atoms in total. The molecule has 1 aromatic carbocycles. The third-order valence-corrected chi connectivity index (χ3v) is 4.39. The van der Waals surface area contributed by atoms with Crippen LogP contribution in [0.5, 0.6) is 0 Å². The van der Waals surface area contributed by atoms with Crippen molar-refractivity contribution in [1.82, 2.24) is 20.4 Å². The summed E-state index contributed by atoms with van der Waals surface area (Å²) in [7, 11) is 0. The number of rotatable bonds is 4. The van der Waals surface area contributed by atoms with E-state index in [4.69, 9.17) is 4.52 Å². The summed E-state index contributed by atoms with van der Waals surface area (Å²) >= 11 is 0. The van der Waals surface area contributed by atoms with Gasteiger partial charge in [0, 0.05) is 38.4 Å². The number of benzene rings is 1. The predicted octanol–water partition coefficient (Wildman–Crippen LogP) is 3.30. The average Bonchev–Trinajstić information content (AvgIpc) is 3.10. The number of aryl methyl sites for hydroxylation is 1. The fourth-order valence-electron chi connectivity index (χ4n) is 3.03. The predicted molar refractivity (Wildman–Crippen MR) is 114 cm³/mol. The van der Waals surface area contributed by atoms with Crippen LogP contribution in [0.3, 0.4) is 0 Å². The van der Waals surface area contributed by atoms with Gasteiger partial charge in [0.15, 0.2) is 11.8 Å². The van der Waals surface area contributed by atoms with Gasteiger partial charge in [-0.2, -0.15) is 18.2 Å². The Balaban J connectivity index is 0.00000300. The van der Waals surface area contributed by atoms with Crippen molar-refractivity contribution in [3.63, 3.8) is 0 Å². The third kappa shape index (κ3) is 6.21. The second-order valence-corrected chi connectivity index (χ2v) is 6.43. The van der Waals surface area contributed by atoms with E-state index < -0.39 is 11.7 Å². The summed E-state index contributed by atoms with van der Waals surface area (Å²) in [6.45, 7) is 7.19. The van der Waals surface area contributed by atoms with Crippen molar-refractivity contribution in [3.8, 4) is 0 Å². The molecule has 0 amide bonds. The lowest BCUT2D eigenvalue weighted by Gasteiger charge is -2.37. The van der Waals surface area contributed by atoms with Gasteiger partial charge in [-0.05, 0) is 32.0 Å². The molecule has 3 rings (SSSR count). The fourth-order valence-corrected chi connectivity index (χ4v) is 3.03. The summed E-state index contributed by atoms with van der Waals surface area (Å²) in [6, 6.07) is 5.45. The van der Waals surface area contributed by atoms with E-state index in [0.29, 0.717) is 50.1 Å². The van der Waals surface area contributed by atoms with Crippen LogP contribution < -0.4 is 10.2 Å². The number of nitrogens with one attached hydrogen (secondary N) is 1. The SMILES string of the molecule is CCNC(=NCc1nc(C)no1)N1CCN(c2cccc(C(F)(F)F)c2)CC1.I. The van der Waals surface area contributed by atoms with Crippen LogP contribution in [0.25, 0.3) is 0 Å². The summed E-state index contributed by atoms with van der Waals surface area (Å²) in [5, 5.41) is 6.98. The highest BCUT2D eigenvalue weighted by Gasteiger charge is 2.31. The van der Waals surface area contributed by atoms with Crippen LogP contribution in [-0.4, -0.2) is 53.7 Å². The minimum Gasteiger partial charge on any atom is -0.368 e. The van der Waals surface area contributed by atoms with Gasteiger partial charge in [-0.15, -0.1) is 24.0 Å². The number of guanidine groups is 1. The van der Waals surface area contributed by atoms with E-state index in [0.717, 1.165) is 12.0 Å². The lowest BCUT2D eigenvalue weighted by Crippen LogP contribution is -2.52. The number of hydrogen-bond donors (Lipinski definition) is 1. The highest BCUT2D eigenvalue weighted by atomic mass is 127. The van der Waals surface area contributed by atoms with Crippen LogP contribution in [0.15, 0.2) is 33.8 Å². The van der Waals surface area contributed by atoms with Crippen molar-refractivity contribution in [2.24, 2.45) is 4.99 Å². The summed E-state index contributed by atoms with van der Waals surface area (Å²) in [5.74, 6) is 1.72. The molecule has 0 spiro atoms. The van der Waals surface area contributed by atoms with Gasteiger partial charge >= 0.3 is 6.18 Å². The maximum atomic E-state index is 12.9. The number of aromatic nitrogens is 2. The quantitative estimate of drug-likeness (QED) is 0.376. The molecule has 1 aromatic heterocycles. The molecule has 0 atom stereocenters. The standard InChI is InChI=1S/C18H23F3N6O.HI/c1-3-22-17(23-12-16-24-13(2)25-28-16)27-9-7-26(8-10-27)15-6-4-5-14(11-15)18(19,20)21;/h4-6,11H,3,7-10,12H2,1-2H3,(H,22,23);1H. The van der Waals surface area contributed by atoms with E-state index in [1.807, 2.05) is 11.8 Å². The van der Waals surface area contributed by atoms with Gasteiger partial charge < -0.3 is 19.6 Å². The van der Waals surface area contributed by atoms with Crippen molar-refractivity contribution in [3.05, 3.63) is 41.5 Å². The molecule has 2 aromatic rings. The largest absolute Gasteiger partial charge is 0.416 e. The van der Waals surface area contributed by atoms with Crippen molar-refractivity contribution in [2.75, 3.05) is 37.6 Å². The van der Waals surface area contributed by atoms with Crippen LogP contribution in [0.2, 0.25) is 0 Å². The van der Waals surface area contributed by atoms with Gasteiger partial charge in [-0.3, -0.25) is 0 Å². The minimum atomic E-state index is -4.34. The smallest absolute Gasteiger partial charge is 0.368 e. The van der Waals surface area contributed by atoms with Gasteiger partial charge in [-0.25, -0.2) is 4.99 Å². The van der Waals surface area contributed by atoms with E-state index in [2.05, 4.69) is 25.3 Å². The third-order valence-electron chi connectivity index (χ3n) is 4.39. The lowest BCUT2D eigenvalue weighted by molar-refractivity contribution is -0.137. The zero-order chi connectivity index (χ0) is 20.1. The second-order valence-electron chi connectivity index (χ2n) is 6.43. The molecule has 0 saturated carbocycles. The maximum Gasteiger partial charge on any atom is 0.416 e. The highest BCUT2D eigenvalue weighted by Crippen LogP contribution is 2.31. The Labute approximate surface area is 184 Å². The Morgan fingerprint density at radius 3 is 2.55 bits per heavy atom. The monoisotopic (exact) mass is 524 g/mol. The van der Waals surface area contributed by atoms with Gasteiger partial charge in [0.05, 0.1) is 5.56 Å². The van der Waals surface area contributed by atoms with Crippen molar-refractivity contribution in [2.45, 2.75) is 26.6 Å². The van der Waals surface area contributed by atoms with Gasteiger partial charge in [0.2, 0.25) is 5.89 Å².